The van der Waals surface area contributed by atoms with Crippen molar-refractivity contribution in [3.63, 3.8) is 0 Å². The highest BCUT2D eigenvalue weighted by atomic mass is 35.5. The Balaban J connectivity index is 1.58. The Morgan fingerprint density at radius 3 is 2.82 bits per heavy atom. The number of H-pyrrole nitrogens is 1. The van der Waals surface area contributed by atoms with Gasteiger partial charge < -0.3 is 10.1 Å². The second-order valence-electron chi connectivity index (χ2n) is 5.73. The number of aliphatic hydroxyl groups excluding tert-OH is 1. The van der Waals surface area contributed by atoms with Crippen molar-refractivity contribution in [2.45, 2.75) is 25.5 Å². The van der Waals surface area contributed by atoms with E-state index in [0.29, 0.717) is 23.0 Å². The van der Waals surface area contributed by atoms with Gasteiger partial charge in [0.1, 0.15) is 17.7 Å². The quantitative estimate of drug-likeness (QED) is 0.908. The van der Waals surface area contributed by atoms with Gasteiger partial charge >= 0.3 is 0 Å². The standard InChI is InChI=1S/C16H19ClFN3O/c17-13-2-1-3-14(18)12(13)10-21-8-4-11(5-9-21)15(22)16-19-6-7-20-16/h1-3,6-7,11,15,22H,4-5,8-10H2,(H,19,20). The molecule has 1 aromatic heterocycles. The van der Waals surface area contributed by atoms with E-state index in [9.17, 15) is 9.50 Å². The molecule has 0 aliphatic carbocycles. The fraction of sp³-hybridized carbons (Fsp3) is 0.438. The molecule has 2 N–H and O–H groups in total. The summed E-state index contributed by atoms with van der Waals surface area (Å²) in [7, 11) is 0. The van der Waals surface area contributed by atoms with Gasteiger partial charge in [0, 0.05) is 29.5 Å². The summed E-state index contributed by atoms with van der Waals surface area (Å²) in [4.78, 5) is 9.25. The summed E-state index contributed by atoms with van der Waals surface area (Å²) >= 11 is 6.08. The molecule has 22 heavy (non-hydrogen) atoms. The molecule has 0 amide bonds. The number of benzene rings is 1. The lowest BCUT2D eigenvalue weighted by Gasteiger charge is -2.33. The number of aromatic amines is 1. The first kappa shape index (κ1) is 15.5. The first-order chi connectivity index (χ1) is 10.6. The molecule has 4 nitrogen and oxygen atoms in total. The van der Waals surface area contributed by atoms with Crippen LogP contribution in [0.25, 0.3) is 0 Å². The molecule has 1 aromatic carbocycles. The topological polar surface area (TPSA) is 52.2 Å². The number of aliphatic hydroxyl groups is 1. The fourth-order valence-corrected chi connectivity index (χ4v) is 3.22. The van der Waals surface area contributed by atoms with Gasteiger partial charge in [-0.25, -0.2) is 9.37 Å². The van der Waals surface area contributed by atoms with Crippen LogP contribution in [0.1, 0.15) is 30.3 Å². The van der Waals surface area contributed by atoms with Crippen LogP contribution in [0.4, 0.5) is 4.39 Å². The third-order valence-corrected chi connectivity index (χ3v) is 4.68. The number of aromatic nitrogens is 2. The molecule has 0 saturated carbocycles. The summed E-state index contributed by atoms with van der Waals surface area (Å²) in [5.74, 6) is 0.541. The number of rotatable bonds is 4. The Labute approximate surface area is 133 Å². The zero-order valence-corrected chi connectivity index (χ0v) is 12.9. The zero-order chi connectivity index (χ0) is 15.5. The van der Waals surface area contributed by atoms with Crippen LogP contribution in [0.15, 0.2) is 30.6 Å². The van der Waals surface area contributed by atoms with Gasteiger partial charge in [0.2, 0.25) is 0 Å². The number of hydrogen-bond acceptors (Lipinski definition) is 3. The summed E-state index contributed by atoms with van der Waals surface area (Å²) in [6, 6.07) is 4.77. The first-order valence-corrected chi connectivity index (χ1v) is 7.85. The van der Waals surface area contributed by atoms with Crippen molar-refractivity contribution in [2.24, 2.45) is 5.92 Å². The zero-order valence-electron chi connectivity index (χ0n) is 12.2. The van der Waals surface area contributed by atoms with Gasteiger partial charge in [0.15, 0.2) is 0 Å². The van der Waals surface area contributed by atoms with Crippen molar-refractivity contribution in [3.05, 3.63) is 52.8 Å². The maximum Gasteiger partial charge on any atom is 0.135 e. The molecule has 1 unspecified atom stereocenters. The third-order valence-electron chi connectivity index (χ3n) is 4.32. The minimum atomic E-state index is -0.561. The smallest absolute Gasteiger partial charge is 0.135 e. The number of nitrogens with one attached hydrogen (secondary N) is 1. The number of imidazole rings is 1. The molecule has 1 aliphatic heterocycles. The average Bonchev–Trinajstić information content (AvgIpc) is 3.05. The van der Waals surface area contributed by atoms with E-state index in [1.54, 1.807) is 24.5 Å². The van der Waals surface area contributed by atoms with Gasteiger partial charge in [-0.15, -0.1) is 0 Å². The Morgan fingerprint density at radius 1 is 1.41 bits per heavy atom. The summed E-state index contributed by atoms with van der Waals surface area (Å²) in [5, 5.41) is 10.8. The number of nitrogens with zero attached hydrogens (tertiary/aromatic N) is 2. The summed E-state index contributed by atoms with van der Waals surface area (Å²) < 4.78 is 13.8. The van der Waals surface area contributed by atoms with Crippen LogP contribution in [-0.2, 0) is 6.54 Å². The second-order valence-corrected chi connectivity index (χ2v) is 6.14. The van der Waals surface area contributed by atoms with Gasteiger partial charge in [-0.2, -0.15) is 0 Å². The van der Waals surface area contributed by atoms with Crippen LogP contribution in [0.5, 0.6) is 0 Å². The Hall–Kier alpha value is -1.43. The van der Waals surface area contributed by atoms with E-state index in [1.165, 1.54) is 6.07 Å². The maximum absolute atomic E-state index is 13.8. The first-order valence-electron chi connectivity index (χ1n) is 7.47. The lowest BCUT2D eigenvalue weighted by molar-refractivity contribution is 0.0512. The highest BCUT2D eigenvalue weighted by Gasteiger charge is 2.28. The SMILES string of the molecule is OC(c1ncc[nH]1)C1CCN(Cc2c(F)cccc2Cl)CC1. The van der Waals surface area contributed by atoms with Crippen LogP contribution in [0.2, 0.25) is 5.02 Å². The summed E-state index contributed by atoms with van der Waals surface area (Å²) in [5.41, 5.74) is 0.550. The van der Waals surface area contributed by atoms with Crippen molar-refractivity contribution in [2.75, 3.05) is 13.1 Å². The molecule has 1 atom stereocenters. The van der Waals surface area contributed by atoms with E-state index < -0.39 is 6.10 Å². The average molecular weight is 324 g/mol. The Bertz CT molecular complexity index is 592. The van der Waals surface area contributed by atoms with E-state index in [1.807, 2.05) is 0 Å². The molecule has 0 spiro atoms. The van der Waals surface area contributed by atoms with Gasteiger partial charge in [-0.05, 0) is 44.0 Å². The molecule has 0 radical (unpaired) electrons. The predicted molar refractivity (Wildman–Crippen MR) is 83.0 cm³/mol. The number of halogens is 2. The number of likely N-dealkylation sites (tertiary alicyclic amines) is 1. The summed E-state index contributed by atoms with van der Waals surface area (Å²) in [6.07, 6.45) is 4.51. The van der Waals surface area contributed by atoms with Crippen LogP contribution in [0.3, 0.4) is 0 Å². The van der Waals surface area contributed by atoms with Crippen LogP contribution in [-0.4, -0.2) is 33.1 Å². The van der Waals surface area contributed by atoms with E-state index in [0.717, 1.165) is 25.9 Å². The van der Waals surface area contributed by atoms with Crippen molar-refractivity contribution in [3.8, 4) is 0 Å². The lowest BCUT2D eigenvalue weighted by Crippen LogP contribution is -2.35. The van der Waals surface area contributed by atoms with Crippen LogP contribution < -0.4 is 0 Å². The minimum Gasteiger partial charge on any atom is -0.385 e. The monoisotopic (exact) mass is 323 g/mol. The van der Waals surface area contributed by atoms with Gasteiger partial charge in [-0.1, -0.05) is 17.7 Å². The Kier molecular flexibility index (Phi) is 4.76. The van der Waals surface area contributed by atoms with Gasteiger partial charge in [0.05, 0.1) is 0 Å². The minimum absolute atomic E-state index is 0.179. The van der Waals surface area contributed by atoms with Crippen molar-refractivity contribution >= 4 is 11.6 Å². The molecule has 1 aliphatic rings. The predicted octanol–water partition coefficient (Wildman–Crippen LogP) is 3.15. The van der Waals surface area contributed by atoms with Crippen LogP contribution >= 0.6 is 11.6 Å². The molecule has 118 valence electrons. The number of hydrogen-bond donors (Lipinski definition) is 2. The highest BCUT2D eigenvalue weighted by Crippen LogP contribution is 2.30. The molecular weight excluding hydrogens is 305 g/mol. The molecular formula is C16H19ClFN3O. The lowest BCUT2D eigenvalue weighted by atomic mass is 9.90. The second kappa shape index (κ2) is 6.77. The van der Waals surface area contributed by atoms with E-state index in [-0.39, 0.29) is 11.7 Å². The fourth-order valence-electron chi connectivity index (χ4n) is 3.00. The Morgan fingerprint density at radius 2 is 2.18 bits per heavy atom. The number of piperidine rings is 1. The van der Waals surface area contributed by atoms with E-state index in [4.69, 9.17) is 11.6 Å². The van der Waals surface area contributed by atoms with Gasteiger partial charge in [0.25, 0.3) is 0 Å². The molecule has 3 rings (SSSR count). The van der Waals surface area contributed by atoms with Crippen molar-refractivity contribution in [1.82, 2.24) is 14.9 Å². The third kappa shape index (κ3) is 3.32. The molecule has 2 aromatic rings. The van der Waals surface area contributed by atoms with E-state index in [2.05, 4.69) is 14.9 Å². The highest BCUT2D eigenvalue weighted by molar-refractivity contribution is 6.31. The van der Waals surface area contributed by atoms with Crippen molar-refractivity contribution in [1.29, 1.82) is 0 Å². The van der Waals surface area contributed by atoms with Crippen molar-refractivity contribution < 1.29 is 9.50 Å². The van der Waals surface area contributed by atoms with E-state index >= 15 is 0 Å². The van der Waals surface area contributed by atoms with Crippen LogP contribution in [0, 0.1) is 11.7 Å². The molecule has 1 fully saturated rings. The maximum atomic E-state index is 13.8. The molecule has 6 heteroatoms. The largest absolute Gasteiger partial charge is 0.385 e. The molecule has 0 bridgehead atoms. The molecule has 1 saturated heterocycles. The molecule has 2 heterocycles. The van der Waals surface area contributed by atoms with Gasteiger partial charge in [-0.3, -0.25) is 4.90 Å². The normalized spacial score (nSPS) is 18.5. The summed E-state index contributed by atoms with van der Waals surface area (Å²) in [6.45, 7) is 2.13.